The van der Waals surface area contributed by atoms with E-state index in [1.165, 1.54) is 36.5 Å². The number of nitrogens with one attached hydrogen (secondary N) is 3. The van der Waals surface area contributed by atoms with Gasteiger partial charge in [0.2, 0.25) is 0 Å². The first-order valence-electron chi connectivity index (χ1n) is 10.8. The van der Waals surface area contributed by atoms with E-state index in [0.717, 1.165) is 0 Å². The molecule has 3 rings (SSSR count). The van der Waals surface area contributed by atoms with E-state index in [2.05, 4.69) is 21.2 Å². The molecule has 0 saturated carbocycles. The van der Waals surface area contributed by atoms with Gasteiger partial charge in [-0.25, -0.2) is 9.82 Å². The number of carbonyl (C=O) groups is 3. The molecule has 192 valence electrons. The summed E-state index contributed by atoms with van der Waals surface area (Å²) >= 11 is 7.88. The number of halogens is 3. The van der Waals surface area contributed by atoms with E-state index in [4.69, 9.17) is 21.1 Å². The second-order valence-electron chi connectivity index (χ2n) is 7.27. The highest BCUT2D eigenvalue weighted by Gasteiger charge is 2.15. The van der Waals surface area contributed by atoms with Gasteiger partial charge in [-0.2, -0.15) is 5.10 Å². The van der Waals surface area contributed by atoms with E-state index in [1.807, 2.05) is 22.6 Å². The van der Waals surface area contributed by atoms with Gasteiger partial charge in [-0.3, -0.25) is 14.4 Å². The molecule has 0 aliphatic carbocycles. The topological polar surface area (TPSA) is 118 Å². The van der Waals surface area contributed by atoms with Crippen LogP contribution in [0.1, 0.15) is 12.5 Å². The molecule has 0 fully saturated rings. The fourth-order valence-corrected chi connectivity index (χ4v) is 3.88. The first kappa shape index (κ1) is 27.9. The first-order valence-corrected chi connectivity index (χ1v) is 12.3. The maximum absolute atomic E-state index is 13.0. The number of benzene rings is 3. The Hall–Kier alpha value is -3.71. The van der Waals surface area contributed by atoms with Crippen LogP contribution in [0.3, 0.4) is 0 Å². The summed E-state index contributed by atoms with van der Waals surface area (Å²) in [5.74, 6) is -2.02. The van der Waals surface area contributed by atoms with Gasteiger partial charge in [0, 0.05) is 16.4 Å². The molecule has 3 aromatic rings. The lowest BCUT2D eigenvalue weighted by Gasteiger charge is -2.14. The molecule has 0 saturated heterocycles. The minimum Gasteiger partial charge on any atom is -0.490 e. The zero-order valence-electron chi connectivity index (χ0n) is 19.4. The van der Waals surface area contributed by atoms with E-state index in [1.54, 1.807) is 37.3 Å². The molecule has 0 radical (unpaired) electrons. The molecule has 3 amide bonds. The number of hydrogen-bond acceptors (Lipinski definition) is 6. The molecule has 0 bridgehead atoms. The third kappa shape index (κ3) is 8.72. The van der Waals surface area contributed by atoms with Gasteiger partial charge in [0.25, 0.3) is 5.91 Å². The van der Waals surface area contributed by atoms with Crippen LogP contribution < -0.4 is 25.5 Å². The summed E-state index contributed by atoms with van der Waals surface area (Å²) in [5, 5.41) is 9.26. The molecule has 37 heavy (non-hydrogen) atoms. The van der Waals surface area contributed by atoms with Crippen LogP contribution in [-0.2, 0) is 14.4 Å². The monoisotopic (exact) mass is 638 g/mol. The molecule has 0 aromatic heterocycles. The molecule has 0 spiro atoms. The van der Waals surface area contributed by atoms with E-state index in [9.17, 15) is 18.8 Å². The van der Waals surface area contributed by atoms with Crippen molar-refractivity contribution in [2.45, 2.75) is 6.92 Å². The van der Waals surface area contributed by atoms with Crippen LogP contribution >= 0.6 is 34.2 Å². The van der Waals surface area contributed by atoms with Gasteiger partial charge in [-0.1, -0.05) is 17.7 Å². The van der Waals surface area contributed by atoms with Crippen molar-refractivity contribution < 1.29 is 28.2 Å². The minimum atomic E-state index is -0.969. The molecule has 3 aromatic carbocycles. The summed E-state index contributed by atoms with van der Waals surface area (Å²) in [6.07, 6.45) is 1.33. The summed E-state index contributed by atoms with van der Waals surface area (Å²) in [6, 6.07) is 15.0. The van der Waals surface area contributed by atoms with Gasteiger partial charge in [0.05, 0.1) is 16.4 Å². The van der Waals surface area contributed by atoms with Crippen LogP contribution in [0.4, 0.5) is 15.8 Å². The lowest BCUT2D eigenvalue weighted by Crippen LogP contribution is -2.32. The van der Waals surface area contributed by atoms with E-state index < -0.39 is 23.5 Å². The average molecular weight is 639 g/mol. The van der Waals surface area contributed by atoms with Crippen molar-refractivity contribution in [3.8, 4) is 11.5 Å². The standard InChI is InChI=1S/C25H21ClFIN4O5/c1-2-36-21-11-15(13-29-32-25(35)24(34)31-19-5-3-4-16(26)12-19)10-20(28)23(21)37-14-22(33)30-18-8-6-17(27)7-9-18/h3-13H,2,14H2,1H3,(H,30,33)(H,31,34)(H,32,35)/b29-13-. The molecular weight excluding hydrogens is 618 g/mol. The normalized spacial score (nSPS) is 10.6. The summed E-state index contributed by atoms with van der Waals surface area (Å²) in [5.41, 5.74) is 3.50. The molecule has 0 aliphatic heterocycles. The van der Waals surface area contributed by atoms with Crippen molar-refractivity contribution in [1.82, 2.24) is 5.43 Å². The van der Waals surface area contributed by atoms with E-state index in [0.29, 0.717) is 43.6 Å². The molecule has 0 aliphatic rings. The quantitative estimate of drug-likeness (QED) is 0.137. The number of rotatable bonds is 9. The summed E-state index contributed by atoms with van der Waals surface area (Å²) in [7, 11) is 0. The highest BCUT2D eigenvalue weighted by molar-refractivity contribution is 14.1. The molecule has 12 heteroatoms. The third-order valence-corrected chi connectivity index (χ3v) is 5.51. The van der Waals surface area contributed by atoms with Crippen molar-refractivity contribution in [2.75, 3.05) is 23.8 Å². The van der Waals surface area contributed by atoms with Gasteiger partial charge in [-0.05, 0) is 89.7 Å². The van der Waals surface area contributed by atoms with Crippen molar-refractivity contribution in [3.05, 3.63) is 80.6 Å². The number of hydrazone groups is 1. The molecule has 0 unspecified atom stereocenters. The van der Waals surface area contributed by atoms with Crippen molar-refractivity contribution >= 4 is 69.5 Å². The summed E-state index contributed by atoms with van der Waals surface area (Å²) in [6.45, 7) is 1.81. The van der Waals surface area contributed by atoms with Crippen LogP contribution in [0.2, 0.25) is 5.02 Å². The van der Waals surface area contributed by atoms with Crippen molar-refractivity contribution in [2.24, 2.45) is 5.10 Å². The Balaban J connectivity index is 1.61. The van der Waals surface area contributed by atoms with Gasteiger partial charge in [0.1, 0.15) is 5.82 Å². The lowest BCUT2D eigenvalue weighted by atomic mass is 10.2. The largest absolute Gasteiger partial charge is 0.490 e. The molecule has 9 nitrogen and oxygen atoms in total. The van der Waals surface area contributed by atoms with Gasteiger partial charge < -0.3 is 20.1 Å². The average Bonchev–Trinajstić information content (AvgIpc) is 2.85. The number of amides is 3. The molecule has 0 atom stereocenters. The smallest absolute Gasteiger partial charge is 0.329 e. The zero-order chi connectivity index (χ0) is 26.8. The maximum atomic E-state index is 13.0. The van der Waals surface area contributed by atoms with Crippen LogP contribution in [-0.4, -0.2) is 37.1 Å². The highest BCUT2D eigenvalue weighted by atomic mass is 127. The van der Waals surface area contributed by atoms with Gasteiger partial charge in [0.15, 0.2) is 18.1 Å². The van der Waals surface area contributed by atoms with E-state index >= 15 is 0 Å². The lowest BCUT2D eigenvalue weighted by molar-refractivity contribution is -0.136. The maximum Gasteiger partial charge on any atom is 0.329 e. The Bertz CT molecular complexity index is 1320. The SMILES string of the molecule is CCOc1cc(/C=N\NC(=O)C(=O)Nc2cccc(Cl)c2)cc(I)c1OCC(=O)Nc1ccc(F)cc1. The summed E-state index contributed by atoms with van der Waals surface area (Å²) in [4.78, 5) is 36.3. The second-order valence-corrected chi connectivity index (χ2v) is 8.87. The van der Waals surface area contributed by atoms with Crippen LogP contribution in [0, 0.1) is 9.39 Å². The Labute approximate surface area is 230 Å². The second kappa shape index (κ2) is 13.6. The number of anilines is 2. The van der Waals surface area contributed by atoms with Crippen LogP contribution in [0.5, 0.6) is 11.5 Å². The number of nitrogens with zero attached hydrogens (tertiary/aromatic N) is 1. The van der Waals surface area contributed by atoms with Crippen molar-refractivity contribution in [1.29, 1.82) is 0 Å². The van der Waals surface area contributed by atoms with Gasteiger partial charge >= 0.3 is 11.8 Å². The fourth-order valence-electron chi connectivity index (χ4n) is 2.90. The number of carbonyl (C=O) groups excluding carboxylic acids is 3. The van der Waals surface area contributed by atoms with Gasteiger partial charge in [-0.15, -0.1) is 0 Å². The summed E-state index contributed by atoms with van der Waals surface area (Å²) < 4.78 is 25.0. The highest BCUT2D eigenvalue weighted by Crippen LogP contribution is 2.34. The molecule has 3 N–H and O–H groups in total. The Morgan fingerprint density at radius 3 is 2.46 bits per heavy atom. The molecule has 0 heterocycles. The first-order chi connectivity index (χ1) is 17.7. The Kier molecular flexibility index (Phi) is 10.2. The Morgan fingerprint density at radius 2 is 1.76 bits per heavy atom. The van der Waals surface area contributed by atoms with Crippen LogP contribution in [0.25, 0.3) is 0 Å². The zero-order valence-corrected chi connectivity index (χ0v) is 22.3. The van der Waals surface area contributed by atoms with Crippen LogP contribution in [0.15, 0.2) is 65.8 Å². The third-order valence-electron chi connectivity index (χ3n) is 4.48. The van der Waals surface area contributed by atoms with Crippen molar-refractivity contribution in [3.63, 3.8) is 0 Å². The van der Waals surface area contributed by atoms with E-state index in [-0.39, 0.29) is 6.61 Å². The predicted octanol–water partition coefficient (Wildman–Crippen LogP) is 4.59. The molecular formula is C25H21ClFIN4O5. The minimum absolute atomic E-state index is 0.307. The predicted molar refractivity (Wildman–Crippen MR) is 147 cm³/mol. The Morgan fingerprint density at radius 1 is 1.00 bits per heavy atom. The fraction of sp³-hybridized carbons (Fsp3) is 0.120. The number of ether oxygens (including phenoxy) is 2. The number of hydrogen-bond donors (Lipinski definition) is 3.